The lowest BCUT2D eigenvalue weighted by Gasteiger charge is -2.14. The van der Waals surface area contributed by atoms with E-state index >= 15 is 0 Å². The van der Waals surface area contributed by atoms with Crippen molar-refractivity contribution in [1.29, 1.82) is 0 Å². The summed E-state index contributed by atoms with van der Waals surface area (Å²) in [6.45, 7) is 1.89. The van der Waals surface area contributed by atoms with Crippen LogP contribution in [0.5, 0.6) is 0 Å². The third-order valence-electron chi connectivity index (χ3n) is 4.87. The van der Waals surface area contributed by atoms with Crippen molar-refractivity contribution in [2.24, 2.45) is 0 Å². The van der Waals surface area contributed by atoms with Crippen LogP contribution in [-0.2, 0) is 11.2 Å². The molecule has 8 nitrogen and oxygen atoms in total. The number of pyridine rings is 1. The molecule has 2 aromatic carbocycles. The van der Waals surface area contributed by atoms with Crippen molar-refractivity contribution in [1.82, 2.24) is 20.5 Å². The largest absolute Gasteiger partial charge is 0.331 e. The van der Waals surface area contributed by atoms with E-state index in [-0.39, 0.29) is 30.2 Å². The summed E-state index contributed by atoms with van der Waals surface area (Å²) in [5.74, 6) is 0.0176. The second kappa shape index (κ2) is 9.25. The van der Waals surface area contributed by atoms with Crippen LogP contribution < -0.4 is 16.0 Å². The van der Waals surface area contributed by atoms with Gasteiger partial charge in [0.05, 0.1) is 23.4 Å². The molecule has 0 saturated carbocycles. The number of hydrogen-bond donors (Lipinski definition) is 4. The minimum Gasteiger partial charge on any atom is -0.331 e. The SMILES string of the molecule is CC(NC(=O)Nc1cc2[nH]nc(NC(=O)Cc3ccc(F)cc3)c2cn1)c1ccccc1. The zero-order chi connectivity index (χ0) is 22.5. The lowest BCUT2D eigenvalue weighted by Crippen LogP contribution is -2.31. The molecule has 4 aromatic rings. The molecule has 0 radical (unpaired) electrons. The van der Waals surface area contributed by atoms with E-state index in [4.69, 9.17) is 0 Å². The number of carbonyl (C=O) groups is 2. The molecule has 4 rings (SSSR count). The number of rotatable bonds is 6. The Bertz CT molecular complexity index is 1240. The van der Waals surface area contributed by atoms with Crippen molar-refractivity contribution in [2.75, 3.05) is 10.6 Å². The van der Waals surface area contributed by atoms with Gasteiger partial charge in [0.2, 0.25) is 5.91 Å². The van der Waals surface area contributed by atoms with Crippen molar-refractivity contribution in [2.45, 2.75) is 19.4 Å². The van der Waals surface area contributed by atoms with E-state index in [2.05, 4.69) is 31.1 Å². The molecule has 4 N–H and O–H groups in total. The smallest absolute Gasteiger partial charge is 0.320 e. The molecule has 2 heterocycles. The molecule has 0 aliphatic rings. The van der Waals surface area contributed by atoms with E-state index in [0.717, 1.165) is 5.56 Å². The number of nitrogens with one attached hydrogen (secondary N) is 4. The van der Waals surface area contributed by atoms with E-state index < -0.39 is 0 Å². The van der Waals surface area contributed by atoms with Crippen molar-refractivity contribution < 1.29 is 14.0 Å². The summed E-state index contributed by atoms with van der Waals surface area (Å²) in [4.78, 5) is 28.8. The van der Waals surface area contributed by atoms with Gasteiger partial charge in [-0.05, 0) is 30.2 Å². The molecule has 0 bridgehead atoms. The van der Waals surface area contributed by atoms with Crippen LogP contribution in [0.2, 0.25) is 0 Å². The monoisotopic (exact) mass is 432 g/mol. The first-order chi connectivity index (χ1) is 15.5. The Morgan fingerprint density at radius 2 is 1.81 bits per heavy atom. The second-order valence-electron chi connectivity index (χ2n) is 7.27. The number of H-pyrrole nitrogens is 1. The van der Waals surface area contributed by atoms with Gasteiger partial charge in [0.1, 0.15) is 11.6 Å². The lowest BCUT2D eigenvalue weighted by atomic mass is 10.1. The van der Waals surface area contributed by atoms with Crippen molar-refractivity contribution in [3.8, 4) is 0 Å². The Labute approximate surface area is 183 Å². The van der Waals surface area contributed by atoms with Crippen LogP contribution in [0.4, 0.5) is 20.8 Å². The molecule has 1 atom stereocenters. The number of carbonyl (C=O) groups excluding carboxylic acids is 2. The molecular weight excluding hydrogens is 411 g/mol. The lowest BCUT2D eigenvalue weighted by molar-refractivity contribution is -0.115. The van der Waals surface area contributed by atoms with Crippen LogP contribution in [-0.4, -0.2) is 27.1 Å². The fourth-order valence-corrected chi connectivity index (χ4v) is 3.21. The van der Waals surface area contributed by atoms with Crippen LogP contribution in [0.3, 0.4) is 0 Å². The van der Waals surface area contributed by atoms with E-state index in [0.29, 0.717) is 28.1 Å². The zero-order valence-electron chi connectivity index (χ0n) is 17.2. The van der Waals surface area contributed by atoms with Gasteiger partial charge in [0.15, 0.2) is 5.82 Å². The molecule has 1 unspecified atom stereocenters. The number of aromatic nitrogens is 3. The topological polar surface area (TPSA) is 112 Å². The van der Waals surface area contributed by atoms with Gasteiger partial charge in [-0.2, -0.15) is 5.10 Å². The predicted molar refractivity (Wildman–Crippen MR) is 120 cm³/mol. The van der Waals surface area contributed by atoms with E-state index in [1.165, 1.54) is 18.3 Å². The number of fused-ring (bicyclic) bond motifs is 1. The van der Waals surface area contributed by atoms with Crippen molar-refractivity contribution in [3.63, 3.8) is 0 Å². The normalized spacial score (nSPS) is 11.7. The van der Waals surface area contributed by atoms with Gasteiger partial charge in [-0.15, -0.1) is 0 Å². The van der Waals surface area contributed by atoms with Gasteiger partial charge in [-0.1, -0.05) is 42.5 Å². The first-order valence-corrected chi connectivity index (χ1v) is 9.99. The summed E-state index contributed by atoms with van der Waals surface area (Å²) in [6, 6.07) is 16.4. The minimum atomic E-state index is -0.388. The van der Waals surface area contributed by atoms with E-state index in [1.54, 1.807) is 18.2 Å². The number of nitrogens with zero attached hydrogens (tertiary/aromatic N) is 2. The highest BCUT2D eigenvalue weighted by Gasteiger charge is 2.13. The summed E-state index contributed by atoms with van der Waals surface area (Å²) in [7, 11) is 0. The van der Waals surface area contributed by atoms with Crippen LogP contribution in [0.1, 0.15) is 24.1 Å². The van der Waals surface area contributed by atoms with E-state index in [1.807, 2.05) is 37.3 Å². The average molecular weight is 432 g/mol. The number of anilines is 2. The number of amides is 3. The summed E-state index contributed by atoms with van der Waals surface area (Å²) in [6.07, 6.45) is 1.60. The van der Waals surface area contributed by atoms with Crippen LogP contribution in [0, 0.1) is 5.82 Å². The van der Waals surface area contributed by atoms with Gasteiger partial charge >= 0.3 is 6.03 Å². The summed E-state index contributed by atoms with van der Waals surface area (Å²) in [5.41, 5.74) is 2.27. The molecule has 0 aliphatic heterocycles. The molecule has 0 saturated heterocycles. The number of urea groups is 1. The third kappa shape index (κ3) is 5.07. The molecular formula is C23H21FN6O2. The van der Waals surface area contributed by atoms with Crippen LogP contribution >= 0.6 is 0 Å². The molecule has 0 spiro atoms. The van der Waals surface area contributed by atoms with Gasteiger partial charge in [0.25, 0.3) is 0 Å². The summed E-state index contributed by atoms with van der Waals surface area (Å²) >= 11 is 0. The molecule has 32 heavy (non-hydrogen) atoms. The van der Waals surface area contributed by atoms with Crippen LogP contribution in [0.15, 0.2) is 66.9 Å². The Kier molecular flexibility index (Phi) is 6.07. The van der Waals surface area contributed by atoms with Crippen molar-refractivity contribution >= 4 is 34.5 Å². The van der Waals surface area contributed by atoms with Crippen molar-refractivity contribution in [3.05, 3.63) is 83.8 Å². The number of aromatic amines is 1. The first-order valence-electron chi connectivity index (χ1n) is 9.99. The number of benzene rings is 2. The molecule has 0 aliphatic carbocycles. The summed E-state index contributed by atoms with van der Waals surface area (Å²) in [5, 5.41) is 15.8. The molecule has 0 fully saturated rings. The Hall–Kier alpha value is -4.27. The number of hydrogen-bond acceptors (Lipinski definition) is 4. The van der Waals surface area contributed by atoms with Gasteiger partial charge < -0.3 is 10.6 Å². The molecule has 162 valence electrons. The zero-order valence-corrected chi connectivity index (χ0v) is 17.2. The maximum atomic E-state index is 13.0. The quantitative estimate of drug-likeness (QED) is 0.366. The average Bonchev–Trinajstić information content (AvgIpc) is 3.17. The fraction of sp³-hybridized carbons (Fsp3) is 0.130. The molecule has 3 amide bonds. The predicted octanol–water partition coefficient (Wildman–Crippen LogP) is 4.16. The Balaban J connectivity index is 1.38. The van der Waals surface area contributed by atoms with E-state index in [9.17, 15) is 14.0 Å². The Morgan fingerprint density at radius 3 is 2.56 bits per heavy atom. The second-order valence-corrected chi connectivity index (χ2v) is 7.27. The molecule has 2 aromatic heterocycles. The minimum absolute atomic E-state index is 0.0848. The number of halogens is 1. The maximum absolute atomic E-state index is 13.0. The summed E-state index contributed by atoms with van der Waals surface area (Å²) < 4.78 is 13.0. The standard InChI is InChI=1S/C23H21FN6O2/c1-14(16-5-3-2-4-6-16)26-23(32)27-20-12-19-18(13-25-20)22(30-29-19)28-21(31)11-15-7-9-17(24)10-8-15/h2-10,12-14H,11H2,1H3,(H2,25,26,27,32)(H2,28,29,30,31). The molecule has 9 heteroatoms. The maximum Gasteiger partial charge on any atom is 0.320 e. The first kappa shape index (κ1) is 21.0. The highest BCUT2D eigenvalue weighted by atomic mass is 19.1. The van der Waals surface area contributed by atoms with Crippen LogP contribution in [0.25, 0.3) is 10.9 Å². The fourth-order valence-electron chi connectivity index (χ4n) is 3.21. The highest BCUT2D eigenvalue weighted by Crippen LogP contribution is 2.22. The third-order valence-corrected chi connectivity index (χ3v) is 4.87. The van der Waals surface area contributed by atoms with Gasteiger partial charge in [0, 0.05) is 12.3 Å². The Morgan fingerprint density at radius 1 is 1.06 bits per heavy atom. The highest BCUT2D eigenvalue weighted by molar-refractivity contribution is 6.01. The van der Waals surface area contributed by atoms with Gasteiger partial charge in [-0.25, -0.2) is 14.2 Å². The van der Waals surface area contributed by atoms with Gasteiger partial charge in [-0.3, -0.25) is 15.2 Å².